The van der Waals surface area contributed by atoms with Crippen LogP contribution in [0.25, 0.3) is 11.5 Å². The van der Waals surface area contributed by atoms with E-state index in [1.165, 1.54) is 22.5 Å². The summed E-state index contributed by atoms with van der Waals surface area (Å²) in [5.41, 5.74) is 1.10. The fraction of sp³-hybridized carbons (Fsp3) is 0.273. The Morgan fingerprint density at radius 3 is 2.54 bits per heavy atom. The van der Waals surface area contributed by atoms with Gasteiger partial charge in [0.1, 0.15) is 23.1 Å². The van der Waals surface area contributed by atoms with Gasteiger partial charge in [-0.15, -0.1) is 0 Å². The van der Waals surface area contributed by atoms with E-state index < -0.39 is 27.6 Å². The molecule has 0 unspecified atom stereocenters. The van der Waals surface area contributed by atoms with E-state index in [2.05, 4.69) is 25.3 Å². The van der Waals surface area contributed by atoms with Crippen LogP contribution in [-0.2, 0) is 14.8 Å². The average Bonchev–Trinajstić information content (AvgIpc) is 3.21. The molecule has 13 heteroatoms. The number of aromatic amines is 1. The Morgan fingerprint density at radius 1 is 1.20 bits per heavy atom. The Kier molecular flexibility index (Phi) is 7.24. The zero-order valence-electron chi connectivity index (χ0n) is 18.5. The molecule has 2 N–H and O–H groups in total. The second-order valence-corrected chi connectivity index (χ2v) is 10.3. The molecular weight excluding hydrogens is 502 g/mol. The third-order valence-electron chi connectivity index (χ3n) is 5.62. The number of sulfonamides is 1. The normalized spacial score (nSPS) is 19.2. The van der Waals surface area contributed by atoms with Gasteiger partial charge in [-0.05, 0) is 36.6 Å². The van der Waals surface area contributed by atoms with Crippen LogP contribution in [-0.4, -0.2) is 51.7 Å². The molecule has 9 nitrogen and oxygen atoms in total. The van der Waals surface area contributed by atoms with Crippen molar-refractivity contribution in [2.75, 3.05) is 18.4 Å². The quantitative estimate of drug-likeness (QED) is 0.476. The molecule has 0 bridgehead atoms. The molecule has 4 heterocycles. The third-order valence-corrected chi connectivity index (χ3v) is 7.44. The minimum atomic E-state index is -3.86. The number of carbonyl (C=O) groups excluding carboxylic acids is 1. The monoisotopic (exact) mass is 522 g/mol. The van der Waals surface area contributed by atoms with Gasteiger partial charge in [0.25, 0.3) is 0 Å². The van der Waals surface area contributed by atoms with Gasteiger partial charge in [0.2, 0.25) is 15.9 Å². The van der Waals surface area contributed by atoms with Crippen LogP contribution in [0.5, 0.6) is 0 Å². The summed E-state index contributed by atoms with van der Waals surface area (Å²) in [5, 5.41) is 3.46. The third kappa shape index (κ3) is 5.89. The molecule has 1 amide bonds. The summed E-state index contributed by atoms with van der Waals surface area (Å²) in [6, 6.07) is 5.15. The van der Waals surface area contributed by atoms with E-state index in [0.717, 1.165) is 29.9 Å². The summed E-state index contributed by atoms with van der Waals surface area (Å²) in [4.78, 5) is 27.2. The van der Waals surface area contributed by atoms with Gasteiger partial charge < -0.3 is 10.3 Å². The number of nitrogens with one attached hydrogen (secondary N) is 2. The van der Waals surface area contributed by atoms with Crippen molar-refractivity contribution in [1.29, 1.82) is 0 Å². The van der Waals surface area contributed by atoms with Crippen LogP contribution < -0.4 is 5.32 Å². The van der Waals surface area contributed by atoms with Crippen LogP contribution in [0, 0.1) is 17.6 Å². The maximum atomic E-state index is 13.2. The zero-order chi connectivity index (χ0) is 25.2. The fourth-order valence-corrected chi connectivity index (χ4v) is 5.41. The highest BCUT2D eigenvalue weighted by Crippen LogP contribution is 2.37. The van der Waals surface area contributed by atoms with Gasteiger partial charge in [-0.3, -0.25) is 4.79 Å². The predicted octanol–water partition coefficient (Wildman–Crippen LogP) is 3.71. The Balaban J connectivity index is 1.41. The summed E-state index contributed by atoms with van der Waals surface area (Å²) < 4.78 is 52.9. The van der Waals surface area contributed by atoms with Crippen LogP contribution in [0.2, 0.25) is 5.15 Å². The molecule has 3 aromatic heterocycles. The second kappa shape index (κ2) is 10.2. The topological polar surface area (TPSA) is 121 Å². The van der Waals surface area contributed by atoms with Crippen LogP contribution >= 0.6 is 11.6 Å². The first-order chi connectivity index (χ1) is 16.6. The number of imidazole rings is 1. The number of halogens is 3. The van der Waals surface area contributed by atoms with Gasteiger partial charge in [0.05, 0.1) is 23.5 Å². The van der Waals surface area contributed by atoms with E-state index in [0.29, 0.717) is 23.6 Å². The van der Waals surface area contributed by atoms with Gasteiger partial charge in [-0.1, -0.05) is 18.5 Å². The standard InChI is InChI=1S/C22H21ClF2N6O3S/c1-13-12-31(35(33,34)9-7-19(32)28-18-5-3-15(25)11-27-18)8-6-16(13)20-21(23)30-22(29-20)17-4-2-14(24)10-26-17/h2-5,7,9-11,13,16H,6,8,12H2,1H3,(H,29,30)(H,27,28,32)/t13-,16+/m0/s1. The molecule has 1 fully saturated rings. The van der Waals surface area contributed by atoms with Crippen molar-refractivity contribution in [2.45, 2.75) is 19.3 Å². The second-order valence-electron chi connectivity index (χ2n) is 8.08. The number of H-pyrrole nitrogens is 1. The lowest BCUT2D eigenvalue weighted by Gasteiger charge is -2.35. The Hall–Kier alpha value is -3.22. The number of hydrogen-bond acceptors (Lipinski definition) is 6. The van der Waals surface area contributed by atoms with E-state index in [9.17, 15) is 22.0 Å². The highest BCUT2D eigenvalue weighted by atomic mass is 35.5. The number of piperidine rings is 1. The van der Waals surface area contributed by atoms with Crippen molar-refractivity contribution in [3.05, 3.63) is 70.6 Å². The summed E-state index contributed by atoms with van der Waals surface area (Å²) in [6.07, 6.45) is 3.39. The SMILES string of the molecule is C[C@H]1CN(S(=O)(=O)C=CC(=O)Nc2ccc(F)cn2)CC[C@H]1c1[nH]c(-c2ccc(F)cn2)nc1Cl. The zero-order valence-corrected chi connectivity index (χ0v) is 20.0. The van der Waals surface area contributed by atoms with E-state index in [1.54, 1.807) is 0 Å². The maximum absolute atomic E-state index is 13.2. The smallest absolute Gasteiger partial charge is 0.250 e. The molecule has 184 valence electrons. The average molecular weight is 523 g/mol. The Bertz CT molecular complexity index is 1350. The molecule has 0 aliphatic carbocycles. The van der Waals surface area contributed by atoms with Crippen LogP contribution in [0.15, 0.2) is 48.1 Å². The van der Waals surface area contributed by atoms with Crippen molar-refractivity contribution < 1.29 is 22.0 Å². The lowest BCUT2D eigenvalue weighted by molar-refractivity contribution is -0.111. The molecule has 3 aromatic rings. The molecule has 1 aliphatic rings. The van der Waals surface area contributed by atoms with Gasteiger partial charge >= 0.3 is 0 Å². The fourth-order valence-electron chi connectivity index (χ4n) is 3.87. The van der Waals surface area contributed by atoms with E-state index in [-0.39, 0.29) is 35.9 Å². The first-order valence-corrected chi connectivity index (χ1v) is 12.5. The number of aromatic nitrogens is 4. The van der Waals surface area contributed by atoms with E-state index in [4.69, 9.17) is 11.6 Å². The van der Waals surface area contributed by atoms with E-state index in [1.807, 2.05) is 6.92 Å². The number of anilines is 1. The number of hydrogen-bond donors (Lipinski definition) is 2. The van der Waals surface area contributed by atoms with Crippen LogP contribution in [0.1, 0.15) is 25.0 Å². The Morgan fingerprint density at radius 2 is 1.91 bits per heavy atom. The lowest BCUT2D eigenvalue weighted by atomic mass is 9.86. The number of rotatable bonds is 6. The summed E-state index contributed by atoms with van der Waals surface area (Å²) >= 11 is 6.35. The first-order valence-electron chi connectivity index (χ1n) is 10.6. The van der Waals surface area contributed by atoms with E-state index >= 15 is 0 Å². The molecule has 1 saturated heterocycles. The summed E-state index contributed by atoms with van der Waals surface area (Å²) in [5.74, 6) is -1.44. The molecule has 35 heavy (non-hydrogen) atoms. The number of carbonyl (C=O) groups is 1. The number of pyridine rings is 2. The van der Waals surface area contributed by atoms with Crippen molar-refractivity contribution >= 4 is 33.3 Å². The minimum absolute atomic E-state index is 0.0903. The van der Waals surface area contributed by atoms with Gasteiger partial charge in [0.15, 0.2) is 11.0 Å². The van der Waals surface area contributed by atoms with Gasteiger partial charge in [-0.2, -0.15) is 4.31 Å². The first kappa shape index (κ1) is 24.9. The molecule has 0 spiro atoms. The molecule has 0 saturated carbocycles. The summed E-state index contributed by atoms with van der Waals surface area (Å²) in [6.45, 7) is 2.32. The molecular formula is C22H21ClF2N6O3S. The van der Waals surface area contributed by atoms with Gasteiger partial charge in [-0.25, -0.2) is 32.2 Å². The number of amides is 1. The number of nitrogens with zero attached hydrogens (tertiary/aromatic N) is 4. The molecule has 4 rings (SSSR count). The van der Waals surface area contributed by atoms with Crippen molar-refractivity contribution in [3.8, 4) is 11.5 Å². The van der Waals surface area contributed by atoms with Gasteiger partial charge in [0, 0.05) is 25.1 Å². The molecule has 2 atom stereocenters. The molecule has 0 aromatic carbocycles. The molecule has 0 radical (unpaired) electrons. The lowest BCUT2D eigenvalue weighted by Crippen LogP contribution is -2.41. The maximum Gasteiger partial charge on any atom is 0.250 e. The van der Waals surface area contributed by atoms with Crippen molar-refractivity contribution in [1.82, 2.24) is 24.2 Å². The van der Waals surface area contributed by atoms with Crippen molar-refractivity contribution in [3.63, 3.8) is 0 Å². The molecule has 1 aliphatic heterocycles. The summed E-state index contributed by atoms with van der Waals surface area (Å²) in [7, 11) is -3.86. The minimum Gasteiger partial charge on any atom is -0.339 e. The highest BCUT2D eigenvalue weighted by molar-refractivity contribution is 7.92. The predicted molar refractivity (Wildman–Crippen MR) is 126 cm³/mol. The Labute approximate surface area is 205 Å². The van der Waals surface area contributed by atoms with Crippen LogP contribution in [0.3, 0.4) is 0 Å². The van der Waals surface area contributed by atoms with Crippen LogP contribution in [0.4, 0.5) is 14.6 Å². The highest BCUT2D eigenvalue weighted by Gasteiger charge is 2.34. The van der Waals surface area contributed by atoms with Crippen molar-refractivity contribution in [2.24, 2.45) is 5.92 Å². The largest absolute Gasteiger partial charge is 0.339 e.